The first kappa shape index (κ1) is 18.1. The number of hydrogen-bond donors (Lipinski definition) is 1. The third-order valence-corrected chi connectivity index (χ3v) is 3.81. The quantitative estimate of drug-likeness (QED) is 0.493. The number of nitrogens with one attached hydrogen (secondary N) is 1. The molecule has 0 spiro atoms. The van der Waals surface area contributed by atoms with E-state index in [-0.39, 0.29) is 6.10 Å². The highest BCUT2D eigenvalue weighted by Gasteiger charge is 2.20. The Morgan fingerprint density at radius 2 is 2.17 bits per heavy atom. The highest BCUT2D eigenvalue weighted by molar-refractivity contribution is 7.80. The van der Waals surface area contributed by atoms with Gasteiger partial charge in [-0.15, -0.1) is 0 Å². The normalized spacial score (nSPS) is 13.0. The number of benzene rings is 1. The van der Waals surface area contributed by atoms with Gasteiger partial charge >= 0.3 is 0 Å². The van der Waals surface area contributed by atoms with Crippen molar-refractivity contribution >= 4 is 34.3 Å². The van der Waals surface area contributed by atoms with E-state index in [2.05, 4.69) is 20.4 Å². The van der Waals surface area contributed by atoms with E-state index in [1.54, 1.807) is 18.7 Å². The standard InChI is InChI=1S/C17H22N4O2S/c1-11-6-14(7-13-8-18-10-19-15(11)13)23-12(2)16(24)21-17(3,4)9-20-22-5/h6-10,12H,1-5H3,(H,21,24). The predicted molar refractivity (Wildman–Crippen MR) is 99.7 cm³/mol. The fraction of sp³-hybridized carbons (Fsp3) is 0.412. The SMILES string of the molecule is CON=CC(C)(C)NC(=S)C(C)Oc1cc(C)c2ncncc2c1. The molecular weight excluding hydrogens is 324 g/mol. The summed E-state index contributed by atoms with van der Waals surface area (Å²) in [6, 6.07) is 3.87. The van der Waals surface area contributed by atoms with Crippen LogP contribution in [0.4, 0.5) is 0 Å². The van der Waals surface area contributed by atoms with Crippen LogP contribution in [-0.2, 0) is 4.84 Å². The third kappa shape index (κ3) is 4.61. The summed E-state index contributed by atoms with van der Waals surface area (Å²) in [7, 11) is 1.50. The number of ether oxygens (including phenoxy) is 1. The van der Waals surface area contributed by atoms with E-state index < -0.39 is 5.54 Å². The van der Waals surface area contributed by atoms with Crippen molar-refractivity contribution in [3.63, 3.8) is 0 Å². The number of rotatable bonds is 6. The average molecular weight is 346 g/mol. The second-order valence-corrected chi connectivity index (χ2v) is 6.53. The number of nitrogens with zero attached hydrogens (tertiary/aromatic N) is 3. The maximum atomic E-state index is 5.98. The summed E-state index contributed by atoms with van der Waals surface area (Å²) in [4.78, 5) is 13.6. The second kappa shape index (κ2) is 7.53. The molecule has 0 saturated carbocycles. The first-order chi connectivity index (χ1) is 11.3. The first-order valence-corrected chi connectivity index (χ1v) is 8.00. The van der Waals surface area contributed by atoms with Crippen LogP contribution in [0, 0.1) is 6.92 Å². The van der Waals surface area contributed by atoms with Crippen LogP contribution in [0.3, 0.4) is 0 Å². The van der Waals surface area contributed by atoms with E-state index in [1.165, 1.54) is 7.11 Å². The fourth-order valence-corrected chi connectivity index (χ4v) is 2.52. The van der Waals surface area contributed by atoms with E-state index in [0.717, 1.165) is 22.2 Å². The lowest BCUT2D eigenvalue weighted by Gasteiger charge is -2.26. The lowest BCUT2D eigenvalue weighted by Crippen LogP contribution is -2.48. The van der Waals surface area contributed by atoms with Gasteiger partial charge in [-0.2, -0.15) is 0 Å². The van der Waals surface area contributed by atoms with Crippen molar-refractivity contribution in [1.29, 1.82) is 0 Å². The molecule has 2 aromatic rings. The van der Waals surface area contributed by atoms with Crippen molar-refractivity contribution in [3.05, 3.63) is 30.2 Å². The summed E-state index contributed by atoms with van der Waals surface area (Å²) in [6.45, 7) is 7.80. The topological polar surface area (TPSA) is 68.6 Å². The summed E-state index contributed by atoms with van der Waals surface area (Å²) in [5.41, 5.74) is 1.52. The van der Waals surface area contributed by atoms with Crippen molar-refractivity contribution < 1.29 is 9.57 Å². The molecule has 0 amide bonds. The Balaban J connectivity index is 2.10. The summed E-state index contributed by atoms with van der Waals surface area (Å²) in [6.07, 6.45) is 4.68. The smallest absolute Gasteiger partial charge is 0.146 e. The number of hydrogen-bond acceptors (Lipinski definition) is 6. The molecule has 1 heterocycles. The largest absolute Gasteiger partial charge is 0.484 e. The van der Waals surface area contributed by atoms with Gasteiger partial charge < -0.3 is 14.9 Å². The van der Waals surface area contributed by atoms with Gasteiger partial charge in [-0.05, 0) is 45.4 Å². The van der Waals surface area contributed by atoms with Crippen LogP contribution in [0.25, 0.3) is 10.9 Å². The van der Waals surface area contributed by atoms with E-state index in [0.29, 0.717) is 4.99 Å². The maximum Gasteiger partial charge on any atom is 0.146 e. The Labute approximate surface area is 147 Å². The molecule has 0 radical (unpaired) electrons. The Bertz CT molecular complexity index is 761. The van der Waals surface area contributed by atoms with Gasteiger partial charge in [-0.3, -0.25) is 0 Å². The van der Waals surface area contributed by atoms with Crippen molar-refractivity contribution in [3.8, 4) is 5.75 Å². The van der Waals surface area contributed by atoms with Crippen LogP contribution in [0.15, 0.2) is 29.8 Å². The lowest BCUT2D eigenvalue weighted by atomic mass is 10.1. The van der Waals surface area contributed by atoms with Gasteiger partial charge in [0.05, 0.1) is 17.3 Å². The minimum atomic E-state index is -0.433. The first-order valence-electron chi connectivity index (χ1n) is 7.59. The van der Waals surface area contributed by atoms with Crippen LogP contribution in [0.2, 0.25) is 0 Å². The molecule has 2 rings (SSSR count). The molecule has 0 bridgehead atoms. The highest BCUT2D eigenvalue weighted by atomic mass is 32.1. The highest BCUT2D eigenvalue weighted by Crippen LogP contribution is 2.23. The zero-order valence-electron chi connectivity index (χ0n) is 14.5. The van der Waals surface area contributed by atoms with Gasteiger partial charge in [0.1, 0.15) is 30.3 Å². The Hall–Kier alpha value is -2.28. The molecule has 0 aliphatic carbocycles. The number of thiocarbonyl (C=S) groups is 1. The van der Waals surface area contributed by atoms with Gasteiger partial charge in [0, 0.05) is 11.6 Å². The molecule has 0 aliphatic rings. The Morgan fingerprint density at radius 1 is 1.42 bits per heavy atom. The Morgan fingerprint density at radius 3 is 2.88 bits per heavy atom. The third-order valence-electron chi connectivity index (χ3n) is 3.38. The lowest BCUT2D eigenvalue weighted by molar-refractivity contribution is 0.212. The van der Waals surface area contributed by atoms with Crippen molar-refractivity contribution in [2.75, 3.05) is 7.11 Å². The van der Waals surface area contributed by atoms with Gasteiger partial charge in [-0.25, -0.2) is 9.97 Å². The summed E-state index contributed by atoms with van der Waals surface area (Å²) in [5, 5.41) is 7.94. The molecule has 7 heteroatoms. The van der Waals surface area contributed by atoms with Gasteiger partial charge in [0.15, 0.2) is 0 Å². The number of fused-ring (bicyclic) bond motifs is 1. The van der Waals surface area contributed by atoms with Gasteiger partial charge in [-0.1, -0.05) is 17.4 Å². The summed E-state index contributed by atoms with van der Waals surface area (Å²) in [5.74, 6) is 0.731. The molecule has 1 aromatic carbocycles. The average Bonchev–Trinajstić information content (AvgIpc) is 2.52. The molecule has 128 valence electrons. The molecule has 24 heavy (non-hydrogen) atoms. The molecule has 0 fully saturated rings. The molecule has 0 saturated heterocycles. The van der Waals surface area contributed by atoms with Crippen molar-refractivity contribution in [2.45, 2.75) is 39.3 Å². The van der Waals surface area contributed by atoms with E-state index in [9.17, 15) is 0 Å². The van der Waals surface area contributed by atoms with E-state index >= 15 is 0 Å². The molecule has 6 nitrogen and oxygen atoms in total. The Kier molecular flexibility index (Phi) is 5.66. The number of oxime groups is 1. The van der Waals surface area contributed by atoms with Crippen molar-refractivity contribution in [2.24, 2.45) is 5.16 Å². The predicted octanol–water partition coefficient (Wildman–Crippen LogP) is 3.03. The zero-order chi connectivity index (χ0) is 17.7. The summed E-state index contributed by atoms with van der Waals surface area (Å²) >= 11 is 5.44. The monoisotopic (exact) mass is 346 g/mol. The number of aromatic nitrogens is 2. The van der Waals surface area contributed by atoms with Crippen LogP contribution in [0.1, 0.15) is 26.3 Å². The molecule has 1 N–H and O–H groups in total. The van der Waals surface area contributed by atoms with Crippen LogP contribution in [-0.4, -0.2) is 39.9 Å². The second-order valence-electron chi connectivity index (χ2n) is 6.09. The van der Waals surface area contributed by atoms with E-state index in [1.807, 2.05) is 39.8 Å². The molecular formula is C17H22N4O2S. The number of aryl methyl sites for hydroxylation is 1. The van der Waals surface area contributed by atoms with Gasteiger partial charge in [0.2, 0.25) is 0 Å². The molecule has 1 aromatic heterocycles. The van der Waals surface area contributed by atoms with Crippen LogP contribution >= 0.6 is 12.2 Å². The van der Waals surface area contributed by atoms with E-state index in [4.69, 9.17) is 21.8 Å². The zero-order valence-corrected chi connectivity index (χ0v) is 15.3. The summed E-state index contributed by atoms with van der Waals surface area (Å²) < 4.78 is 5.98. The van der Waals surface area contributed by atoms with Crippen LogP contribution < -0.4 is 10.1 Å². The maximum absolute atomic E-state index is 5.98. The van der Waals surface area contributed by atoms with Gasteiger partial charge in [0.25, 0.3) is 0 Å². The minimum Gasteiger partial charge on any atom is -0.484 e. The molecule has 1 unspecified atom stereocenters. The minimum absolute atomic E-state index is 0.295. The van der Waals surface area contributed by atoms with Crippen LogP contribution in [0.5, 0.6) is 5.75 Å². The van der Waals surface area contributed by atoms with Crippen molar-refractivity contribution in [1.82, 2.24) is 15.3 Å². The molecule has 1 atom stereocenters. The molecule has 0 aliphatic heterocycles. The fourth-order valence-electron chi connectivity index (χ4n) is 2.21.